The zero-order valence-corrected chi connectivity index (χ0v) is 29.0. The van der Waals surface area contributed by atoms with Gasteiger partial charge < -0.3 is 49.2 Å². The lowest BCUT2D eigenvalue weighted by Crippen LogP contribution is -2.48. The van der Waals surface area contributed by atoms with Gasteiger partial charge in [0.05, 0.1) is 6.61 Å². The Balaban J connectivity index is 6.01. The minimum Gasteiger partial charge on any atom is -0.460 e. The second-order valence-electron chi connectivity index (χ2n) is 12.1. The highest BCUT2D eigenvalue weighted by atomic mass is 16.6. The molecule has 0 spiro atoms. The van der Waals surface area contributed by atoms with Crippen molar-refractivity contribution in [3.8, 4) is 0 Å². The molecule has 0 aromatic heterocycles. The average Bonchev–Trinajstić information content (AvgIpc) is 3.06. The summed E-state index contributed by atoms with van der Waals surface area (Å²) >= 11 is 0. The van der Waals surface area contributed by atoms with Gasteiger partial charge in [0.1, 0.15) is 31.0 Å². The molecule has 0 aromatic rings. The summed E-state index contributed by atoms with van der Waals surface area (Å²) in [5, 5.41) is 48.4. The first kappa shape index (κ1) is 44.1. The second kappa shape index (κ2) is 21.9. The van der Waals surface area contributed by atoms with E-state index >= 15 is 0 Å². The number of aliphatic hydroxyl groups excluding tert-OH is 5. The molecule has 0 fully saturated rings. The number of hydrogen-bond donors (Lipinski definition) is 5. The van der Waals surface area contributed by atoms with Gasteiger partial charge in [0, 0.05) is 30.6 Å². The van der Waals surface area contributed by atoms with Crippen molar-refractivity contribution in [1.29, 1.82) is 0 Å². The maximum atomic E-state index is 13.5. The monoisotopic (exact) mass is 680 g/mol. The first-order valence-electron chi connectivity index (χ1n) is 16.2. The van der Waals surface area contributed by atoms with Crippen molar-refractivity contribution < 1.29 is 73.2 Å². The van der Waals surface area contributed by atoms with E-state index in [1.54, 1.807) is 55.4 Å². The standard InChI is InChI=1S/C32H56O15/c1-10-16(5)25(29(39)43-15-22(36)24(38)23(37)21(35)14-33)45-31(41)27(18(7)12-3)47-32(42)28(19(8)13-4)46-30(40)26(17(6)11-2)44-20(9)34/h16-19,21-28,33,35-38H,10-15H2,1-9H3/t16-,17+,18-,19-,21+,22-,23+,24-,25-,26-,27-,28-/m0/s1. The van der Waals surface area contributed by atoms with Crippen LogP contribution in [0.15, 0.2) is 0 Å². The zero-order valence-electron chi connectivity index (χ0n) is 29.0. The lowest BCUT2D eigenvalue weighted by molar-refractivity contribution is -0.195. The fourth-order valence-corrected chi connectivity index (χ4v) is 4.11. The summed E-state index contributed by atoms with van der Waals surface area (Å²) < 4.78 is 26.8. The molecule has 0 unspecified atom stereocenters. The molecule has 0 radical (unpaired) electrons. The summed E-state index contributed by atoms with van der Waals surface area (Å²) in [6, 6.07) is 0. The molecule has 0 aliphatic heterocycles. The lowest BCUT2D eigenvalue weighted by Gasteiger charge is -2.30. The van der Waals surface area contributed by atoms with Crippen LogP contribution in [0.1, 0.15) is 88.0 Å². The third-order valence-corrected chi connectivity index (χ3v) is 8.32. The van der Waals surface area contributed by atoms with Crippen LogP contribution in [0.3, 0.4) is 0 Å². The van der Waals surface area contributed by atoms with E-state index in [9.17, 15) is 44.4 Å². The van der Waals surface area contributed by atoms with Crippen LogP contribution in [0.4, 0.5) is 0 Å². The van der Waals surface area contributed by atoms with Gasteiger partial charge in [0.2, 0.25) is 24.4 Å². The van der Waals surface area contributed by atoms with Gasteiger partial charge in [-0.05, 0) is 25.7 Å². The van der Waals surface area contributed by atoms with Crippen LogP contribution in [-0.4, -0.2) is 117 Å². The molecule has 0 heterocycles. The number of aliphatic hydroxyl groups is 5. The molecule has 0 aliphatic rings. The fraction of sp³-hybridized carbons (Fsp3) is 0.844. The van der Waals surface area contributed by atoms with E-state index in [4.69, 9.17) is 28.8 Å². The van der Waals surface area contributed by atoms with Gasteiger partial charge >= 0.3 is 29.8 Å². The zero-order chi connectivity index (χ0) is 36.6. The van der Waals surface area contributed by atoms with Crippen LogP contribution in [-0.2, 0) is 47.7 Å². The maximum absolute atomic E-state index is 13.5. The molecule has 274 valence electrons. The SMILES string of the molecule is CC[C@@H](C)[C@H](OC(C)=O)C(=O)O[C@H](C(=O)O[C@H](C(=O)O[C@H](C(=O)OC[C@H](O)[C@H](O)[C@H](O)[C@H](O)CO)[C@@H](C)CC)[C@@H](C)CC)[C@@H](C)CC. The largest absolute Gasteiger partial charge is 0.460 e. The predicted molar refractivity (Wildman–Crippen MR) is 165 cm³/mol. The molecule has 12 atom stereocenters. The van der Waals surface area contributed by atoms with Crippen molar-refractivity contribution >= 4 is 29.8 Å². The third kappa shape index (κ3) is 14.0. The van der Waals surface area contributed by atoms with Gasteiger partial charge in [-0.1, -0.05) is 55.4 Å². The van der Waals surface area contributed by atoms with Gasteiger partial charge in [-0.3, -0.25) is 4.79 Å². The Kier molecular flexibility index (Phi) is 20.6. The van der Waals surface area contributed by atoms with Gasteiger partial charge in [-0.2, -0.15) is 0 Å². The third-order valence-electron chi connectivity index (χ3n) is 8.32. The van der Waals surface area contributed by atoms with E-state index in [1.165, 1.54) is 0 Å². The molecule has 0 saturated heterocycles. The minimum absolute atomic E-state index is 0.332. The van der Waals surface area contributed by atoms with E-state index in [0.29, 0.717) is 25.7 Å². The first-order valence-corrected chi connectivity index (χ1v) is 16.2. The van der Waals surface area contributed by atoms with Crippen LogP contribution in [0.25, 0.3) is 0 Å². The number of rotatable bonds is 22. The molecule has 0 saturated carbocycles. The molecular weight excluding hydrogens is 624 g/mol. The Morgan fingerprint density at radius 2 is 0.809 bits per heavy atom. The smallest absolute Gasteiger partial charge is 0.348 e. The molecule has 5 N–H and O–H groups in total. The predicted octanol–water partition coefficient (Wildman–Crippen LogP) is 0.817. The van der Waals surface area contributed by atoms with Crippen molar-refractivity contribution in [3.63, 3.8) is 0 Å². The normalized spacial score (nSPS) is 19.2. The highest BCUT2D eigenvalue weighted by molar-refractivity contribution is 5.86. The summed E-state index contributed by atoms with van der Waals surface area (Å²) in [4.78, 5) is 64.6. The Morgan fingerprint density at radius 1 is 0.511 bits per heavy atom. The van der Waals surface area contributed by atoms with Crippen LogP contribution in [0.5, 0.6) is 0 Å². The summed E-state index contributed by atoms with van der Waals surface area (Å²) in [5.41, 5.74) is 0. The summed E-state index contributed by atoms with van der Waals surface area (Å²) in [6.07, 6.45) is -11.8. The van der Waals surface area contributed by atoms with E-state index in [0.717, 1.165) is 6.92 Å². The number of carbonyl (C=O) groups is 5. The van der Waals surface area contributed by atoms with Gasteiger partial charge in [0.25, 0.3) is 0 Å². The molecular formula is C32H56O15. The number of carbonyl (C=O) groups excluding carboxylic acids is 5. The molecule has 0 aromatic carbocycles. The topological polar surface area (TPSA) is 233 Å². The fourth-order valence-electron chi connectivity index (χ4n) is 4.11. The Morgan fingerprint density at radius 3 is 1.11 bits per heavy atom. The highest BCUT2D eigenvalue weighted by Gasteiger charge is 2.41. The van der Waals surface area contributed by atoms with E-state index in [-0.39, 0.29) is 0 Å². The van der Waals surface area contributed by atoms with Gasteiger partial charge in [-0.15, -0.1) is 0 Å². The summed E-state index contributed by atoms with van der Waals surface area (Å²) in [7, 11) is 0. The average molecular weight is 681 g/mol. The minimum atomic E-state index is -1.98. The number of ether oxygens (including phenoxy) is 5. The van der Waals surface area contributed by atoms with E-state index < -0.39 is 116 Å². The molecule has 47 heavy (non-hydrogen) atoms. The van der Waals surface area contributed by atoms with Crippen LogP contribution in [0.2, 0.25) is 0 Å². The first-order chi connectivity index (χ1) is 21.9. The van der Waals surface area contributed by atoms with Gasteiger partial charge in [0.15, 0.2) is 0 Å². The van der Waals surface area contributed by atoms with Crippen molar-refractivity contribution in [2.45, 2.75) is 137 Å². The van der Waals surface area contributed by atoms with Gasteiger partial charge in [-0.25, -0.2) is 19.2 Å². The van der Waals surface area contributed by atoms with Crippen LogP contribution >= 0.6 is 0 Å². The van der Waals surface area contributed by atoms with Crippen molar-refractivity contribution in [1.82, 2.24) is 0 Å². The van der Waals surface area contributed by atoms with Crippen LogP contribution < -0.4 is 0 Å². The molecule has 0 amide bonds. The summed E-state index contributed by atoms with van der Waals surface area (Å²) in [6.45, 7) is 12.9. The second-order valence-corrected chi connectivity index (χ2v) is 12.1. The molecule has 15 nitrogen and oxygen atoms in total. The van der Waals surface area contributed by atoms with Crippen molar-refractivity contribution in [2.24, 2.45) is 23.7 Å². The van der Waals surface area contributed by atoms with Crippen molar-refractivity contribution in [3.05, 3.63) is 0 Å². The molecule has 0 aliphatic carbocycles. The quantitative estimate of drug-likeness (QED) is 0.0787. The highest BCUT2D eigenvalue weighted by Crippen LogP contribution is 2.23. The lowest BCUT2D eigenvalue weighted by atomic mass is 9.98. The van der Waals surface area contributed by atoms with E-state index in [2.05, 4.69) is 0 Å². The Labute approximate surface area is 276 Å². The van der Waals surface area contributed by atoms with Crippen LogP contribution in [0, 0.1) is 23.7 Å². The number of esters is 5. The van der Waals surface area contributed by atoms with Crippen molar-refractivity contribution in [2.75, 3.05) is 13.2 Å². The molecule has 0 rings (SSSR count). The Bertz CT molecular complexity index is 988. The molecule has 15 heteroatoms. The van der Waals surface area contributed by atoms with E-state index in [1.807, 2.05) is 0 Å². The maximum Gasteiger partial charge on any atom is 0.348 e. The summed E-state index contributed by atoms with van der Waals surface area (Å²) in [5.74, 6) is -7.06. The number of hydrogen-bond acceptors (Lipinski definition) is 15. The molecule has 0 bridgehead atoms. The Hall–Kier alpha value is -2.85.